The van der Waals surface area contributed by atoms with Gasteiger partial charge in [0.1, 0.15) is 5.75 Å². The van der Waals surface area contributed by atoms with Crippen molar-refractivity contribution in [2.75, 3.05) is 12.4 Å². The standard InChI is InChI=1S/C25H26ClN3O/c1-15(2)18-9-6-7-10-19(18)20-11-8-12-21-24(20)29(4)25(27-21)28-23-16(3)13-17(26)14-22(23)30-5/h6-15H,1-5H3,(H,27,28). The Morgan fingerprint density at radius 1 is 1.03 bits per heavy atom. The molecular formula is C25H26ClN3O. The van der Waals surface area contributed by atoms with Gasteiger partial charge in [0.05, 0.1) is 23.8 Å². The number of fused-ring (bicyclic) bond motifs is 1. The lowest BCUT2D eigenvalue weighted by atomic mass is 9.92. The minimum Gasteiger partial charge on any atom is -0.495 e. The van der Waals surface area contributed by atoms with Crippen LogP contribution < -0.4 is 10.1 Å². The van der Waals surface area contributed by atoms with Gasteiger partial charge in [0.15, 0.2) is 0 Å². The fourth-order valence-corrected chi connectivity index (χ4v) is 4.25. The number of nitrogens with one attached hydrogen (secondary N) is 1. The van der Waals surface area contributed by atoms with Crippen molar-refractivity contribution in [2.45, 2.75) is 26.7 Å². The molecule has 0 fully saturated rings. The molecule has 30 heavy (non-hydrogen) atoms. The summed E-state index contributed by atoms with van der Waals surface area (Å²) in [6.07, 6.45) is 0. The number of methoxy groups -OCH3 is 1. The number of para-hydroxylation sites is 1. The third-order valence-electron chi connectivity index (χ3n) is 5.49. The van der Waals surface area contributed by atoms with Gasteiger partial charge in [-0.25, -0.2) is 4.98 Å². The van der Waals surface area contributed by atoms with Gasteiger partial charge >= 0.3 is 0 Å². The Balaban J connectivity index is 1.87. The first kappa shape index (κ1) is 20.3. The molecule has 0 spiro atoms. The zero-order valence-corrected chi connectivity index (χ0v) is 18.7. The van der Waals surface area contributed by atoms with E-state index in [1.54, 1.807) is 7.11 Å². The van der Waals surface area contributed by atoms with Crippen molar-refractivity contribution in [1.82, 2.24) is 9.55 Å². The maximum Gasteiger partial charge on any atom is 0.208 e. The SMILES string of the molecule is COc1cc(Cl)cc(C)c1Nc1nc2cccc(-c3ccccc3C(C)C)c2n1C. The summed E-state index contributed by atoms with van der Waals surface area (Å²) in [5, 5.41) is 4.11. The van der Waals surface area contributed by atoms with E-state index in [4.69, 9.17) is 21.3 Å². The molecule has 0 radical (unpaired) electrons. The van der Waals surface area contributed by atoms with Gasteiger partial charge in [-0.2, -0.15) is 0 Å². The van der Waals surface area contributed by atoms with E-state index in [1.807, 2.05) is 32.2 Å². The highest BCUT2D eigenvalue weighted by atomic mass is 35.5. The van der Waals surface area contributed by atoms with Gasteiger partial charge in [-0.1, -0.05) is 61.8 Å². The summed E-state index contributed by atoms with van der Waals surface area (Å²) in [5.41, 5.74) is 7.66. The highest BCUT2D eigenvalue weighted by Crippen LogP contribution is 2.37. The van der Waals surface area contributed by atoms with Crippen LogP contribution in [0.25, 0.3) is 22.2 Å². The maximum atomic E-state index is 6.20. The van der Waals surface area contributed by atoms with Gasteiger partial charge in [0.2, 0.25) is 5.95 Å². The molecule has 154 valence electrons. The van der Waals surface area contributed by atoms with E-state index >= 15 is 0 Å². The van der Waals surface area contributed by atoms with Crippen LogP contribution >= 0.6 is 11.6 Å². The second-order valence-electron chi connectivity index (χ2n) is 7.83. The van der Waals surface area contributed by atoms with Crippen molar-refractivity contribution in [3.8, 4) is 16.9 Å². The Kier molecular flexibility index (Phi) is 5.44. The average Bonchev–Trinajstić information content (AvgIpc) is 3.05. The van der Waals surface area contributed by atoms with Crippen LogP contribution in [0.1, 0.15) is 30.9 Å². The number of nitrogens with zero attached hydrogens (tertiary/aromatic N) is 2. The van der Waals surface area contributed by atoms with Crippen LogP contribution in [0.5, 0.6) is 5.75 Å². The van der Waals surface area contributed by atoms with E-state index in [0.29, 0.717) is 16.7 Å². The second-order valence-corrected chi connectivity index (χ2v) is 8.27. The molecule has 0 unspecified atom stereocenters. The highest BCUT2D eigenvalue weighted by Gasteiger charge is 2.17. The number of hydrogen-bond acceptors (Lipinski definition) is 3. The summed E-state index contributed by atoms with van der Waals surface area (Å²) in [5.74, 6) is 1.88. The van der Waals surface area contributed by atoms with Gasteiger partial charge in [0.25, 0.3) is 0 Å². The molecule has 3 aromatic carbocycles. The van der Waals surface area contributed by atoms with Gasteiger partial charge in [-0.15, -0.1) is 0 Å². The van der Waals surface area contributed by atoms with E-state index in [1.165, 1.54) is 16.7 Å². The molecule has 0 bridgehead atoms. The monoisotopic (exact) mass is 419 g/mol. The van der Waals surface area contributed by atoms with Crippen molar-refractivity contribution >= 4 is 34.3 Å². The summed E-state index contributed by atoms with van der Waals surface area (Å²) in [7, 11) is 3.68. The number of benzene rings is 3. The first-order valence-electron chi connectivity index (χ1n) is 10.1. The van der Waals surface area contributed by atoms with Crippen molar-refractivity contribution in [2.24, 2.45) is 7.05 Å². The molecule has 0 aliphatic rings. The fourth-order valence-electron chi connectivity index (χ4n) is 3.99. The van der Waals surface area contributed by atoms with Gasteiger partial charge in [-0.05, 0) is 41.7 Å². The number of anilines is 2. The molecule has 0 aliphatic carbocycles. The van der Waals surface area contributed by atoms with Crippen molar-refractivity contribution < 1.29 is 4.74 Å². The third kappa shape index (κ3) is 3.52. The van der Waals surface area contributed by atoms with Gasteiger partial charge in [0, 0.05) is 23.7 Å². The van der Waals surface area contributed by atoms with E-state index < -0.39 is 0 Å². The molecule has 4 nitrogen and oxygen atoms in total. The number of aryl methyl sites for hydroxylation is 2. The third-order valence-corrected chi connectivity index (χ3v) is 5.71. The molecule has 0 aliphatic heterocycles. The summed E-state index contributed by atoms with van der Waals surface area (Å²) < 4.78 is 7.65. The topological polar surface area (TPSA) is 39.1 Å². The van der Waals surface area contributed by atoms with Crippen LogP contribution in [0, 0.1) is 6.92 Å². The molecule has 1 aromatic heterocycles. The molecule has 1 heterocycles. The number of rotatable bonds is 5. The van der Waals surface area contributed by atoms with Crippen molar-refractivity contribution in [3.63, 3.8) is 0 Å². The average molecular weight is 420 g/mol. The van der Waals surface area contributed by atoms with Crippen molar-refractivity contribution in [1.29, 1.82) is 0 Å². The van der Waals surface area contributed by atoms with Crippen LogP contribution in [-0.2, 0) is 7.05 Å². The molecule has 0 amide bonds. The molecule has 4 rings (SSSR count). The molecule has 5 heteroatoms. The Labute approximate surface area is 182 Å². The Hall–Kier alpha value is -2.98. The summed E-state index contributed by atoms with van der Waals surface area (Å²) in [4.78, 5) is 4.87. The van der Waals surface area contributed by atoms with Gasteiger partial charge in [-0.3, -0.25) is 0 Å². The Bertz CT molecular complexity index is 1230. The predicted molar refractivity (Wildman–Crippen MR) is 126 cm³/mol. The number of ether oxygens (including phenoxy) is 1. The lowest BCUT2D eigenvalue weighted by Gasteiger charge is -2.16. The minimum absolute atomic E-state index is 0.434. The first-order chi connectivity index (χ1) is 14.4. The lowest BCUT2D eigenvalue weighted by Crippen LogP contribution is -2.03. The van der Waals surface area contributed by atoms with Crippen LogP contribution in [0.2, 0.25) is 5.02 Å². The Morgan fingerprint density at radius 3 is 2.50 bits per heavy atom. The molecule has 4 aromatic rings. The smallest absolute Gasteiger partial charge is 0.208 e. The normalized spacial score (nSPS) is 11.3. The van der Waals surface area contributed by atoms with E-state index in [2.05, 4.69) is 60.1 Å². The highest BCUT2D eigenvalue weighted by molar-refractivity contribution is 6.31. The van der Waals surface area contributed by atoms with Crippen LogP contribution in [0.3, 0.4) is 0 Å². The van der Waals surface area contributed by atoms with E-state index in [9.17, 15) is 0 Å². The molecular weight excluding hydrogens is 394 g/mol. The molecule has 1 N–H and O–H groups in total. The summed E-state index contributed by atoms with van der Waals surface area (Å²) in [6, 6.07) is 18.6. The number of imidazole rings is 1. The van der Waals surface area contributed by atoms with Crippen LogP contribution in [0.4, 0.5) is 11.6 Å². The number of aromatic nitrogens is 2. The summed E-state index contributed by atoms with van der Waals surface area (Å²) >= 11 is 6.20. The largest absolute Gasteiger partial charge is 0.495 e. The maximum absolute atomic E-state index is 6.20. The minimum atomic E-state index is 0.434. The molecule has 0 saturated carbocycles. The lowest BCUT2D eigenvalue weighted by molar-refractivity contribution is 0.416. The van der Waals surface area contributed by atoms with Crippen molar-refractivity contribution in [3.05, 3.63) is 70.7 Å². The molecule has 0 atom stereocenters. The van der Waals surface area contributed by atoms with E-state index in [0.717, 1.165) is 28.2 Å². The fraction of sp³-hybridized carbons (Fsp3) is 0.240. The quantitative estimate of drug-likeness (QED) is 0.375. The first-order valence-corrected chi connectivity index (χ1v) is 10.4. The summed E-state index contributed by atoms with van der Waals surface area (Å²) in [6.45, 7) is 6.46. The second kappa shape index (κ2) is 8.04. The zero-order valence-electron chi connectivity index (χ0n) is 18.0. The molecule has 0 saturated heterocycles. The Morgan fingerprint density at radius 2 is 1.77 bits per heavy atom. The van der Waals surface area contributed by atoms with Crippen LogP contribution in [0.15, 0.2) is 54.6 Å². The number of hydrogen-bond donors (Lipinski definition) is 1. The van der Waals surface area contributed by atoms with Gasteiger partial charge < -0.3 is 14.6 Å². The zero-order chi connectivity index (χ0) is 21.4. The van der Waals surface area contributed by atoms with Crippen LogP contribution in [-0.4, -0.2) is 16.7 Å². The predicted octanol–water partition coefficient (Wildman–Crippen LogP) is 7.08. The number of halogens is 1. The van der Waals surface area contributed by atoms with E-state index in [-0.39, 0.29) is 0 Å².